The van der Waals surface area contributed by atoms with Gasteiger partial charge in [0, 0.05) is 19.6 Å². The number of rotatable bonds is 7. The van der Waals surface area contributed by atoms with E-state index in [0.29, 0.717) is 24.9 Å². The Bertz CT molecular complexity index is 1040. The highest BCUT2D eigenvalue weighted by atomic mass is 16.5. The second-order valence-corrected chi connectivity index (χ2v) is 8.56. The van der Waals surface area contributed by atoms with Crippen molar-refractivity contribution in [2.24, 2.45) is 5.92 Å². The van der Waals surface area contributed by atoms with E-state index in [1.165, 1.54) is 4.90 Å². The molecule has 34 heavy (non-hydrogen) atoms. The molecule has 8 nitrogen and oxygen atoms in total. The summed E-state index contributed by atoms with van der Waals surface area (Å²) in [4.78, 5) is 56.1. The first-order chi connectivity index (χ1) is 16.5. The number of piperidine rings is 1. The van der Waals surface area contributed by atoms with E-state index in [1.54, 1.807) is 11.8 Å². The van der Waals surface area contributed by atoms with E-state index in [4.69, 9.17) is 4.74 Å². The van der Waals surface area contributed by atoms with Crippen LogP contribution < -0.4 is 0 Å². The van der Waals surface area contributed by atoms with Gasteiger partial charge in [0.1, 0.15) is 12.6 Å². The van der Waals surface area contributed by atoms with Gasteiger partial charge < -0.3 is 14.5 Å². The summed E-state index contributed by atoms with van der Waals surface area (Å²) in [5, 5.41) is 0. The number of nitrogens with zero attached hydrogens (tertiary/aromatic N) is 3. The highest BCUT2D eigenvalue weighted by molar-refractivity contribution is 6.06. The van der Waals surface area contributed by atoms with Crippen LogP contribution in [0.25, 0.3) is 0 Å². The Hall–Kier alpha value is -3.68. The number of esters is 1. The van der Waals surface area contributed by atoms with E-state index < -0.39 is 18.0 Å². The van der Waals surface area contributed by atoms with E-state index >= 15 is 0 Å². The summed E-state index contributed by atoms with van der Waals surface area (Å²) >= 11 is 0. The lowest BCUT2D eigenvalue weighted by molar-refractivity contribution is -0.151. The minimum Gasteiger partial charge on any atom is -0.466 e. The topological polar surface area (TPSA) is 87.2 Å². The standard InChI is InChI=1S/C26H29N3O5/c1-2-34-25(32)21-14-9-15-27(17-21)22(30)18-29-24(31)23(20-12-7-4-8-13-20)28(26(29)33)16-19-10-5-3-6-11-19/h3-8,10-13,21,23H,2,9,14-18H2,1H3. The Morgan fingerprint density at radius 1 is 1.00 bits per heavy atom. The SMILES string of the molecule is CCOC(=O)C1CCCN(C(=O)CN2C(=O)C(c3ccccc3)N(Cc3ccccc3)C2=O)C1. The molecule has 2 saturated heterocycles. The first kappa shape index (κ1) is 23.5. The zero-order valence-corrected chi connectivity index (χ0v) is 19.3. The second kappa shape index (κ2) is 10.5. The van der Waals surface area contributed by atoms with Gasteiger partial charge in [-0.1, -0.05) is 60.7 Å². The molecule has 2 unspecified atom stereocenters. The van der Waals surface area contributed by atoms with Gasteiger partial charge in [-0.2, -0.15) is 0 Å². The molecule has 0 aromatic heterocycles. The predicted molar refractivity (Wildman–Crippen MR) is 124 cm³/mol. The molecule has 2 atom stereocenters. The van der Waals surface area contributed by atoms with Gasteiger partial charge in [-0.25, -0.2) is 4.79 Å². The maximum Gasteiger partial charge on any atom is 0.328 e. The van der Waals surface area contributed by atoms with Gasteiger partial charge >= 0.3 is 12.0 Å². The molecule has 2 aromatic rings. The Kier molecular flexibility index (Phi) is 7.25. The maximum atomic E-state index is 13.4. The number of amides is 4. The van der Waals surface area contributed by atoms with Gasteiger partial charge in [0.05, 0.1) is 12.5 Å². The summed E-state index contributed by atoms with van der Waals surface area (Å²) in [5.41, 5.74) is 1.60. The minimum atomic E-state index is -0.796. The van der Waals surface area contributed by atoms with Crippen LogP contribution in [0.5, 0.6) is 0 Å². The largest absolute Gasteiger partial charge is 0.466 e. The molecule has 2 fully saturated rings. The first-order valence-electron chi connectivity index (χ1n) is 11.6. The third-order valence-electron chi connectivity index (χ3n) is 6.29. The fourth-order valence-electron chi connectivity index (χ4n) is 4.57. The van der Waals surface area contributed by atoms with Crippen LogP contribution in [-0.4, -0.2) is 64.8 Å². The molecule has 4 amide bonds. The van der Waals surface area contributed by atoms with Gasteiger partial charge in [0.2, 0.25) is 5.91 Å². The van der Waals surface area contributed by atoms with Gasteiger partial charge in [-0.3, -0.25) is 19.3 Å². The summed E-state index contributed by atoms with van der Waals surface area (Å²) in [7, 11) is 0. The number of hydrogen-bond donors (Lipinski definition) is 0. The Labute approximate surface area is 199 Å². The molecule has 2 heterocycles. The quantitative estimate of drug-likeness (QED) is 0.465. The number of ether oxygens (including phenoxy) is 1. The molecule has 2 aliphatic heterocycles. The molecule has 4 rings (SSSR count). The average Bonchev–Trinajstić information content (AvgIpc) is 3.09. The third-order valence-corrected chi connectivity index (χ3v) is 6.29. The number of urea groups is 1. The van der Waals surface area contributed by atoms with Gasteiger partial charge in [0.15, 0.2) is 0 Å². The third kappa shape index (κ3) is 4.95. The molecule has 0 aliphatic carbocycles. The Morgan fingerprint density at radius 2 is 1.68 bits per heavy atom. The van der Waals surface area contributed by atoms with E-state index in [-0.39, 0.29) is 44.0 Å². The van der Waals surface area contributed by atoms with Gasteiger partial charge in [-0.15, -0.1) is 0 Å². The predicted octanol–water partition coefficient (Wildman–Crippen LogP) is 2.99. The van der Waals surface area contributed by atoms with E-state index in [9.17, 15) is 19.2 Å². The molecule has 2 aliphatic rings. The van der Waals surface area contributed by atoms with E-state index in [2.05, 4.69) is 0 Å². The number of carbonyl (C=O) groups is 4. The van der Waals surface area contributed by atoms with Crippen molar-refractivity contribution in [2.75, 3.05) is 26.2 Å². The van der Waals surface area contributed by atoms with Crippen LogP contribution in [0.2, 0.25) is 0 Å². The van der Waals surface area contributed by atoms with Crippen molar-refractivity contribution in [3.05, 3.63) is 71.8 Å². The Balaban J connectivity index is 1.52. The van der Waals surface area contributed by atoms with Crippen molar-refractivity contribution in [1.82, 2.24) is 14.7 Å². The molecule has 0 saturated carbocycles. The number of likely N-dealkylation sites (tertiary alicyclic amines) is 1. The lowest BCUT2D eigenvalue weighted by atomic mass is 9.98. The van der Waals surface area contributed by atoms with Crippen LogP contribution in [-0.2, 0) is 25.7 Å². The lowest BCUT2D eigenvalue weighted by Gasteiger charge is -2.32. The van der Waals surface area contributed by atoms with Crippen molar-refractivity contribution >= 4 is 23.8 Å². The summed E-state index contributed by atoms with van der Waals surface area (Å²) < 4.78 is 5.11. The normalized spacial score (nSPS) is 20.6. The summed E-state index contributed by atoms with van der Waals surface area (Å²) in [6.07, 6.45) is 1.33. The first-order valence-corrected chi connectivity index (χ1v) is 11.6. The lowest BCUT2D eigenvalue weighted by Crippen LogP contribution is -2.48. The van der Waals surface area contributed by atoms with Crippen LogP contribution in [0.1, 0.15) is 36.9 Å². The van der Waals surface area contributed by atoms with Crippen LogP contribution in [0, 0.1) is 5.92 Å². The number of hydrogen-bond acceptors (Lipinski definition) is 5. The summed E-state index contributed by atoms with van der Waals surface area (Å²) in [5.74, 6) is -1.45. The molecule has 0 radical (unpaired) electrons. The van der Waals surface area contributed by atoms with E-state index in [1.807, 2.05) is 60.7 Å². The molecule has 0 bridgehead atoms. The van der Waals surface area contributed by atoms with Crippen molar-refractivity contribution in [3.63, 3.8) is 0 Å². The van der Waals surface area contributed by atoms with Crippen LogP contribution >= 0.6 is 0 Å². The van der Waals surface area contributed by atoms with Crippen LogP contribution in [0.15, 0.2) is 60.7 Å². The van der Waals surface area contributed by atoms with Crippen LogP contribution in [0.4, 0.5) is 4.79 Å². The zero-order chi connectivity index (χ0) is 24.1. The van der Waals surface area contributed by atoms with Crippen molar-refractivity contribution in [2.45, 2.75) is 32.4 Å². The number of carbonyl (C=O) groups excluding carboxylic acids is 4. The fourth-order valence-corrected chi connectivity index (χ4v) is 4.57. The smallest absolute Gasteiger partial charge is 0.328 e. The van der Waals surface area contributed by atoms with Gasteiger partial charge in [0.25, 0.3) is 5.91 Å². The molecular formula is C26H29N3O5. The van der Waals surface area contributed by atoms with Crippen molar-refractivity contribution in [1.29, 1.82) is 0 Å². The van der Waals surface area contributed by atoms with Gasteiger partial charge in [-0.05, 0) is 30.9 Å². The fraction of sp³-hybridized carbons (Fsp3) is 0.385. The highest BCUT2D eigenvalue weighted by Crippen LogP contribution is 2.32. The highest BCUT2D eigenvalue weighted by Gasteiger charge is 2.47. The molecule has 0 N–H and O–H groups in total. The Morgan fingerprint density at radius 3 is 2.35 bits per heavy atom. The number of imide groups is 1. The van der Waals surface area contributed by atoms with E-state index in [0.717, 1.165) is 10.5 Å². The molecule has 2 aromatic carbocycles. The van der Waals surface area contributed by atoms with Crippen LogP contribution in [0.3, 0.4) is 0 Å². The van der Waals surface area contributed by atoms with Crippen molar-refractivity contribution in [3.8, 4) is 0 Å². The minimum absolute atomic E-state index is 0.240. The van der Waals surface area contributed by atoms with Crippen molar-refractivity contribution < 1.29 is 23.9 Å². The number of benzene rings is 2. The average molecular weight is 464 g/mol. The second-order valence-electron chi connectivity index (χ2n) is 8.56. The summed E-state index contributed by atoms with van der Waals surface area (Å²) in [6, 6.07) is 17.3. The zero-order valence-electron chi connectivity index (χ0n) is 19.3. The molecular weight excluding hydrogens is 434 g/mol. The molecule has 178 valence electrons. The monoisotopic (exact) mass is 463 g/mol. The summed E-state index contributed by atoms with van der Waals surface area (Å²) in [6.45, 7) is 2.67. The molecule has 8 heteroatoms. The maximum absolute atomic E-state index is 13.4. The molecule has 0 spiro atoms.